The van der Waals surface area contributed by atoms with E-state index in [1.165, 1.54) is 6.07 Å². The van der Waals surface area contributed by atoms with Gasteiger partial charge in [-0.3, -0.25) is 0 Å². The van der Waals surface area contributed by atoms with Crippen molar-refractivity contribution in [3.8, 4) is 0 Å². The molecule has 2 nitrogen and oxygen atoms in total. The molecule has 0 radical (unpaired) electrons. The van der Waals surface area contributed by atoms with Gasteiger partial charge in [0.05, 0.1) is 14.9 Å². The molecule has 3 aromatic rings. The van der Waals surface area contributed by atoms with Crippen LogP contribution in [-0.4, -0.2) is 0 Å². The van der Waals surface area contributed by atoms with Gasteiger partial charge in [-0.05, 0) is 40.1 Å². The molecule has 0 aliphatic carbocycles. The van der Waals surface area contributed by atoms with E-state index in [-0.39, 0.29) is 5.82 Å². The fourth-order valence-corrected chi connectivity index (χ4v) is 2.64. The molecule has 3 rings (SSSR count). The van der Waals surface area contributed by atoms with Crippen LogP contribution in [0.25, 0.3) is 10.8 Å². The molecule has 0 bridgehead atoms. The van der Waals surface area contributed by atoms with Crippen LogP contribution < -0.4 is 11.1 Å². The molecular formula is C16H12FIN2. The van der Waals surface area contributed by atoms with Gasteiger partial charge in [0.15, 0.2) is 0 Å². The van der Waals surface area contributed by atoms with Crippen LogP contribution in [0.5, 0.6) is 0 Å². The van der Waals surface area contributed by atoms with E-state index in [0.29, 0.717) is 14.9 Å². The molecule has 0 heterocycles. The molecule has 0 spiro atoms. The molecule has 4 heteroatoms. The van der Waals surface area contributed by atoms with Gasteiger partial charge in [0.2, 0.25) is 0 Å². The van der Waals surface area contributed by atoms with E-state index in [2.05, 4.69) is 5.32 Å². The van der Waals surface area contributed by atoms with Gasteiger partial charge in [0.25, 0.3) is 0 Å². The molecular weight excluding hydrogens is 366 g/mol. The third-order valence-electron chi connectivity index (χ3n) is 3.15. The molecule has 100 valence electrons. The molecule has 0 atom stereocenters. The molecule has 0 unspecified atom stereocenters. The molecule has 0 aromatic heterocycles. The highest BCUT2D eigenvalue weighted by molar-refractivity contribution is 14.1. The van der Waals surface area contributed by atoms with E-state index in [4.69, 9.17) is 5.73 Å². The number of hydrogen-bond donors (Lipinski definition) is 2. The molecule has 3 N–H and O–H groups in total. The van der Waals surface area contributed by atoms with Crippen molar-refractivity contribution in [3.63, 3.8) is 0 Å². The summed E-state index contributed by atoms with van der Waals surface area (Å²) in [5.74, 6) is -0.275. The predicted molar refractivity (Wildman–Crippen MR) is 90.8 cm³/mol. The minimum Gasteiger partial charge on any atom is -0.397 e. The Kier molecular flexibility index (Phi) is 3.48. The van der Waals surface area contributed by atoms with Gasteiger partial charge >= 0.3 is 0 Å². The van der Waals surface area contributed by atoms with Crippen LogP contribution in [0, 0.1) is 9.39 Å². The van der Waals surface area contributed by atoms with E-state index in [0.717, 1.165) is 16.5 Å². The van der Waals surface area contributed by atoms with Gasteiger partial charge in [-0.1, -0.05) is 36.4 Å². The fraction of sp³-hybridized carbons (Fsp3) is 0. The largest absolute Gasteiger partial charge is 0.397 e. The predicted octanol–water partition coefficient (Wildman–Crippen LogP) is 4.91. The highest BCUT2D eigenvalue weighted by Crippen LogP contribution is 2.30. The molecule has 0 saturated carbocycles. The van der Waals surface area contributed by atoms with Gasteiger partial charge in [-0.2, -0.15) is 0 Å². The standard InChI is InChI=1S/C16H12FIN2/c17-12-8-16(14(19)9-13(12)18)20-15-7-3-5-10-4-1-2-6-11(10)15/h1-9,20H,19H2. The Hall–Kier alpha value is -1.82. The summed E-state index contributed by atoms with van der Waals surface area (Å²) in [6.07, 6.45) is 0. The molecule has 3 aromatic carbocycles. The summed E-state index contributed by atoms with van der Waals surface area (Å²) < 4.78 is 14.2. The average Bonchev–Trinajstić information content (AvgIpc) is 2.45. The molecule has 0 amide bonds. The maximum atomic E-state index is 13.7. The fourth-order valence-electron chi connectivity index (χ4n) is 2.15. The van der Waals surface area contributed by atoms with E-state index >= 15 is 0 Å². The second-order valence-corrected chi connectivity index (χ2v) is 5.67. The van der Waals surface area contributed by atoms with Crippen molar-refractivity contribution in [1.29, 1.82) is 0 Å². The monoisotopic (exact) mass is 378 g/mol. The Labute approximate surface area is 129 Å². The summed E-state index contributed by atoms with van der Waals surface area (Å²) >= 11 is 1.93. The molecule has 0 aliphatic rings. The van der Waals surface area contributed by atoms with E-state index < -0.39 is 0 Å². The quantitative estimate of drug-likeness (QED) is 0.491. The lowest BCUT2D eigenvalue weighted by atomic mass is 10.1. The molecule has 0 fully saturated rings. The van der Waals surface area contributed by atoms with Crippen molar-refractivity contribution in [1.82, 2.24) is 0 Å². The van der Waals surface area contributed by atoms with Gasteiger partial charge in [-0.25, -0.2) is 4.39 Å². The SMILES string of the molecule is Nc1cc(I)c(F)cc1Nc1cccc2ccccc12. The topological polar surface area (TPSA) is 38.0 Å². The second kappa shape index (κ2) is 5.28. The van der Waals surface area contributed by atoms with Crippen molar-refractivity contribution in [2.24, 2.45) is 0 Å². The Bertz CT molecular complexity index is 781. The van der Waals surface area contributed by atoms with Crippen LogP contribution in [0.4, 0.5) is 21.5 Å². The lowest BCUT2D eigenvalue weighted by Gasteiger charge is -2.12. The minimum atomic E-state index is -0.275. The number of hydrogen-bond acceptors (Lipinski definition) is 2. The highest BCUT2D eigenvalue weighted by atomic mass is 127. The Balaban J connectivity index is 2.08. The van der Waals surface area contributed by atoms with Gasteiger partial charge in [-0.15, -0.1) is 0 Å². The van der Waals surface area contributed by atoms with Gasteiger partial charge < -0.3 is 11.1 Å². The Morgan fingerprint density at radius 3 is 2.55 bits per heavy atom. The van der Waals surface area contributed by atoms with Crippen molar-refractivity contribution in [2.45, 2.75) is 0 Å². The lowest BCUT2D eigenvalue weighted by molar-refractivity contribution is 0.621. The van der Waals surface area contributed by atoms with Crippen LogP contribution in [0.1, 0.15) is 0 Å². The zero-order valence-electron chi connectivity index (χ0n) is 10.5. The highest BCUT2D eigenvalue weighted by Gasteiger charge is 2.07. The second-order valence-electron chi connectivity index (χ2n) is 4.51. The van der Waals surface area contributed by atoms with Crippen LogP contribution in [0.2, 0.25) is 0 Å². The molecule has 20 heavy (non-hydrogen) atoms. The zero-order chi connectivity index (χ0) is 14.1. The summed E-state index contributed by atoms with van der Waals surface area (Å²) in [7, 11) is 0. The first-order valence-corrected chi connectivity index (χ1v) is 7.22. The Morgan fingerprint density at radius 1 is 0.950 bits per heavy atom. The zero-order valence-corrected chi connectivity index (χ0v) is 12.7. The normalized spacial score (nSPS) is 10.7. The third-order valence-corrected chi connectivity index (χ3v) is 3.98. The number of fused-ring (bicyclic) bond motifs is 1. The summed E-state index contributed by atoms with van der Waals surface area (Å²) in [6.45, 7) is 0. The van der Waals surface area contributed by atoms with Crippen molar-refractivity contribution < 1.29 is 4.39 Å². The number of benzene rings is 3. The maximum Gasteiger partial charge on any atom is 0.138 e. The molecule has 0 aliphatic heterocycles. The first-order valence-electron chi connectivity index (χ1n) is 6.14. The van der Waals surface area contributed by atoms with E-state index in [9.17, 15) is 4.39 Å². The smallest absolute Gasteiger partial charge is 0.138 e. The summed E-state index contributed by atoms with van der Waals surface area (Å²) in [5, 5.41) is 5.42. The van der Waals surface area contributed by atoms with Gasteiger partial charge in [0.1, 0.15) is 5.82 Å². The number of anilines is 3. The van der Waals surface area contributed by atoms with Crippen molar-refractivity contribution >= 4 is 50.4 Å². The van der Waals surface area contributed by atoms with Crippen LogP contribution >= 0.6 is 22.6 Å². The van der Waals surface area contributed by atoms with E-state index in [1.807, 2.05) is 65.1 Å². The van der Waals surface area contributed by atoms with Gasteiger partial charge in [0, 0.05) is 17.1 Å². The number of rotatable bonds is 2. The van der Waals surface area contributed by atoms with Crippen molar-refractivity contribution in [3.05, 3.63) is 64.0 Å². The first-order chi connectivity index (χ1) is 9.65. The maximum absolute atomic E-state index is 13.7. The Morgan fingerprint density at radius 2 is 1.70 bits per heavy atom. The summed E-state index contributed by atoms with van der Waals surface area (Å²) in [6, 6.07) is 17.0. The van der Waals surface area contributed by atoms with Crippen LogP contribution in [-0.2, 0) is 0 Å². The lowest BCUT2D eigenvalue weighted by Crippen LogP contribution is -1.99. The van der Waals surface area contributed by atoms with Crippen LogP contribution in [0.3, 0.4) is 0 Å². The molecule has 0 saturated heterocycles. The summed E-state index contributed by atoms with van der Waals surface area (Å²) in [5.41, 5.74) is 7.97. The summed E-state index contributed by atoms with van der Waals surface area (Å²) in [4.78, 5) is 0. The number of halogens is 2. The van der Waals surface area contributed by atoms with Crippen molar-refractivity contribution in [2.75, 3.05) is 11.1 Å². The first kappa shape index (κ1) is 13.2. The number of nitrogens with two attached hydrogens (primary N) is 1. The number of nitrogen functional groups attached to an aromatic ring is 1. The average molecular weight is 378 g/mol. The number of nitrogens with one attached hydrogen (secondary N) is 1. The third kappa shape index (κ3) is 2.43. The minimum absolute atomic E-state index is 0.275. The van der Waals surface area contributed by atoms with E-state index in [1.54, 1.807) is 6.07 Å². The van der Waals surface area contributed by atoms with Crippen LogP contribution in [0.15, 0.2) is 54.6 Å².